The number of aromatic nitrogens is 2. The lowest BCUT2D eigenvalue weighted by molar-refractivity contribution is -0.0754. The maximum atomic E-state index is 15.5. The van der Waals surface area contributed by atoms with E-state index in [1.165, 1.54) is 6.07 Å². The first kappa shape index (κ1) is 35.2. The van der Waals surface area contributed by atoms with Crippen LogP contribution in [-0.4, -0.2) is 77.0 Å². The third-order valence-electron chi connectivity index (χ3n) is 8.98. The highest BCUT2D eigenvalue weighted by Crippen LogP contribution is 2.41. The van der Waals surface area contributed by atoms with Crippen LogP contribution >= 0.6 is 0 Å². The third-order valence-corrected chi connectivity index (χ3v) is 10.2. The Balaban J connectivity index is 1.29. The van der Waals surface area contributed by atoms with Crippen LogP contribution in [0.3, 0.4) is 0 Å². The van der Waals surface area contributed by atoms with Crippen LogP contribution in [0.25, 0.3) is 10.8 Å². The zero-order valence-electron chi connectivity index (χ0n) is 27.3. The largest absolute Gasteiger partial charge is 0.476 e. The van der Waals surface area contributed by atoms with Gasteiger partial charge in [0.25, 0.3) is 16.0 Å². The highest BCUT2D eigenvalue weighted by Gasteiger charge is 2.41. The molecule has 5 rings (SSSR count). The van der Waals surface area contributed by atoms with E-state index in [1.54, 1.807) is 19.1 Å². The minimum absolute atomic E-state index is 0.0261. The van der Waals surface area contributed by atoms with Crippen molar-refractivity contribution in [3.05, 3.63) is 53.6 Å². The molecular formula is C34H47F2N5O5S. The fourth-order valence-electron chi connectivity index (χ4n) is 6.07. The predicted octanol–water partition coefficient (Wildman–Crippen LogP) is 6.04. The molecule has 3 aromatic rings. The van der Waals surface area contributed by atoms with Crippen LogP contribution in [0.15, 0.2) is 42.5 Å². The number of nitrogens with zero attached hydrogens (tertiary/aromatic N) is 3. The fraction of sp³-hybridized carbons (Fsp3) is 0.588. The summed E-state index contributed by atoms with van der Waals surface area (Å²) < 4.78 is 70.6. The molecule has 258 valence electrons. The number of alkyl halides is 2. The molecule has 0 amide bonds. The van der Waals surface area contributed by atoms with Gasteiger partial charge in [-0.25, -0.2) is 8.78 Å². The van der Waals surface area contributed by atoms with Gasteiger partial charge in [-0.1, -0.05) is 24.6 Å². The predicted molar refractivity (Wildman–Crippen MR) is 180 cm³/mol. The zero-order valence-corrected chi connectivity index (χ0v) is 28.2. The third kappa shape index (κ3) is 9.27. The van der Waals surface area contributed by atoms with Gasteiger partial charge in [-0.3, -0.25) is 4.18 Å². The summed E-state index contributed by atoms with van der Waals surface area (Å²) in [5, 5.41) is 17.2. The lowest BCUT2D eigenvalue weighted by atomic mass is 9.86. The number of unbranched alkanes of at least 4 members (excludes halogenated alkanes) is 3. The van der Waals surface area contributed by atoms with Gasteiger partial charge in [0.2, 0.25) is 5.88 Å². The van der Waals surface area contributed by atoms with E-state index >= 15 is 8.78 Å². The highest BCUT2D eigenvalue weighted by molar-refractivity contribution is 7.86. The molecule has 2 saturated heterocycles. The summed E-state index contributed by atoms with van der Waals surface area (Å²) in [6.07, 6.45) is 4.01. The lowest BCUT2D eigenvalue weighted by Gasteiger charge is -2.31. The van der Waals surface area contributed by atoms with Crippen molar-refractivity contribution in [2.75, 3.05) is 68.6 Å². The summed E-state index contributed by atoms with van der Waals surface area (Å²) in [6.45, 7) is 8.21. The highest BCUT2D eigenvalue weighted by atomic mass is 32.2. The Morgan fingerprint density at radius 2 is 1.77 bits per heavy atom. The summed E-state index contributed by atoms with van der Waals surface area (Å²) >= 11 is 0. The van der Waals surface area contributed by atoms with Crippen LogP contribution in [0.2, 0.25) is 0 Å². The number of fused-ring (bicyclic) bond motifs is 1. The van der Waals surface area contributed by atoms with Crippen molar-refractivity contribution in [3.8, 4) is 5.88 Å². The van der Waals surface area contributed by atoms with E-state index in [2.05, 4.69) is 31.8 Å². The Hall–Kier alpha value is -3.13. The van der Waals surface area contributed by atoms with Gasteiger partial charge < -0.3 is 25.0 Å². The van der Waals surface area contributed by atoms with Gasteiger partial charge in [0, 0.05) is 41.0 Å². The van der Waals surface area contributed by atoms with Crippen molar-refractivity contribution < 1.29 is 30.9 Å². The zero-order chi connectivity index (χ0) is 33.3. The molecule has 0 aliphatic carbocycles. The number of benzene rings is 2. The minimum Gasteiger partial charge on any atom is -0.476 e. The maximum absolute atomic E-state index is 15.5. The molecule has 1 aromatic heterocycles. The SMILES string of the molecule is CCS(=O)(=O)OCCCCCCOc1nnc(NC(C)c2cccc(C(F)(F)C3CCNCC3)c2)c2cc(N3CCOCC3)ccc12. The fourth-order valence-corrected chi connectivity index (χ4v) is 6.61. The lowest BCUT2D eigenvalue weighted by Crippen LogP contribution is -2.36. The van der Waals surface area contributed by atoms with Crippen molar-refractivity contribution in [2.45, 2.75) is 64.3 Å². The molecule has 0 bridgehead atoms. The van der Waals surface area contributed by atoms with Crippen molar-refractivity contribution in [3.63, 3.8) is 0 Å². The second-order valence-electron chi connectivity index (χ2n) is 12.3. The standard InChI is InChI=1S/C34H47F2N5O5S/c1-3-47(42,43)46-20-7-5-4-6-19-45-33-30-12-11-29(41-17-21-44-22-18-41)24-31(30)32(39-40-33)38-25(2)26-9-8-10-28(23-26)34(35,36)27-13-15-37-16-14-27/h8-12,23-25,27,37H,3-7,13-22H2,1-2H3,(H,38,39). The Kier molecular flexibility index (Phi) is 12.2. The summed E-state index contributed by atoms with van der Waals surface area (Å²) in [4.78, 5) is 2.26. The van der Waals surface area contributed by atoms with E-state index < -0.39 is 22.0 Å². The van der Waals surface area contributed by atoms with Crippen LogP contribution in [0, 0.1) is 5.92 Å². The second-order valence-corrected chi connectivity index (χ2v) is 14.2. The van der Waals surface area contributed by atoms with Gasteiger partial charge in [-0.2, -0.15) is 8.42 Å². The quantitative estimate of drug-likeness (QED) is 0.138. The first-order chi connectivity index (χ1) is 22.7. The number of nitrogens with one attached hydrogen (secondary N) is 2. The number of halogens is 2. The van der Waals surface area contributed by atoms with Crippen molar-refractivity contribution in [1.29, 1.82) is 0 Å². The van der Waals surface area contributed by atoms with Crippen LogP contribution in [0.4, 0.5) is 20.3 Å². The summed E-state index contributed by atoms with van der Waals surface area (Å²) in [7, 11) is -3.41. The Bertz CT molecular complexity index is 1570. The van der Waals surface area contributed by atoms with Crippen molar-refractivity contribution >= 4 is 32.4 Å². The molecule has 10 nitrogen and oxygen atoms in total. The Morgan fingerprint density at radius 1 is 1.02 bits per heavy atom. The smallest absolute Gasteiger partial charge is 0.276 e. The molecular weight excluding hydrogens is 628 g/mol. The summed E-state index contributed by atoms with van der Waals surface area (Å²) in [6, 6.07) is 12.5. The molecule has 2 aliphatic heterocycles. The van der Waals surface area contributed by atoms with Crippen molar-refractivity contribution in [1.82, 2.24) is 15.5 Å². The van der Waals surface area contributed by atoms with Gasteiger partial charge in [0.1, 0.15) is 0 Å². The van der Waals surface area contributed by atoms with Gasteiger partial charge in [0.15, 0.2) is 5.82 Å². The molecule has 1 unspecified atom stereocenters. The first-order valence-electron chi connectivity index (χ1n) is 16.8. The number of rotatable bonds is 16. The van der Waals surface area contributed by atoms with Crippen LogP contribution in [0.5, 0.6) is 5.88 Å². The second kappa shape index (κ2) is 16.3. The number of hydrogen-bond donors (Lipinski definition) is 2. The molecule has 13 heteroatoms. The summed E-state index contributed by atoms with van der Waals surface area (Å²) in [5.74, 6) is -2.64. The average molecular weight is 676 g/mol. The first-order valence-corrected chi connectivity index (χ1v) is 18.3. The molecule has 2 aromatic carbocycles. The van der Waals surface area contributed by atoms with Gasteiger partial charge in [-0.05, 0) is 88.9 Å². The van der Waals surface area contributed by atoms with E-state index in [-0.39, 0.29) is 24.0 Å². The molecule has 47 heavy (non-hydrogen) atoms. The molecule has 3 heterocycles. The normalized spacial score (nSPS) is 17.1. The molecule has 2 fully saturated rings. The van der Waals surface area contributed by atoms with Crippen LogP contribution in [-0.2, 0) is 25.0 Å². The molecule has 0 spiro atoms. The molecule has 0 radical (unpaired) electrons. The van der Waals surface area contributed by atoms with Crippen LogP contribution < -0.4 is 20.3 Å². The topological polar surface area (TPSA) is 115 Å². The monoisotopic (exact) mass is 675 g/mol. The van der Waals surface area contributed by atoms with Crippen molar-refractivity contribution in [2.24, 2.45) is 5.92 Å². The number of morpholine rings is 1. The number of anilines is 2. The average Bonchev–Trinajstić information content (AvgIpc) is 3.10. The molecule has 1 atom stereocenters. The van der Waals surface area contributed by atoms with Crippen LogP contribution in [0.1, 0.15) is 69.5 Å². The Morgan fingerprint density at radius 3 is 2.51 bits per heavy atom. The number of ether oxygens (including phenoxy) is 2. The molecule has 2 aliphatic rings. The maximum Gasteiger partial charge on any atom is 0.276 e. The number of piperidine rings is 1. The summed E-state index contributed by atoms with van der Waals surface area (Å²) in [5.41, 5.74) is 1.82. The van der Waals surface area contributed by atoms with E-state index in [0.717, 1.165) is 54.4 Å². The van der Waals surface area contributed by atoms with Gasteiger partial charge in [0.05, 0.1) is 38.2 Å². The Labute approximate surface area is 276 Å². The van der Waals surface area contributed by atoms with E-state index in [4.69, 9.17) is 13.7 Å². The minimum atomic E-state index is -3.41. The molecule has 0 saturated carbocycles. The van der Waals surface area contributed by atoms with E-state index in [9.17, 15) is 8.42 Å². The van der Waals surface area contributed by atoms with E-state index in [0.29, 0.717) is 63.9 Å². The van der Waals surface area contributed by atoms with E-state index in [1.807, 2.05) is 25.1 Å². The number of hydrogen-bond acceptors (Lipinski definition) is 10. The molecule has 2 N–H and O–H groups in total. The van der Waals surface area contributed by atoms with Gasteiger partial charge >= 0.3 is 0 Å². The van der Waals surface area contributed by atoms with Gasteiger partial charge in [-0.15, -0.1) is 10.2 Å².